The smallest absolute Gasteiger partial charge is 0.322 e. The molecule has 10 heteroatoms. The van der Waals surface area contributed by atoms with Gasteiger partial charge in [-0.3, -0.25) is 10.1 Å². The number of piperidine rings is 1. The Morgan fingerprint density at radius 1 is 1.33 bits per heavy atom. The molecule has 3 rings (SSSR count). The van der Waals surface area contributed by atoms with Crippen molar-refractivity contribution < 1.29 is 17.6 Å². The molecule has 27 heavy (non-hydrogen) atoms. The van der Waals surface area contributed by atoms with Crippen molar-refractivity contribution in [2.24, 2.45) is 5.92 Å². The van der Waals surface area contributed by atoms with E-state index in [4.69, 9.17) is 4.42 Å². The van der Waals surface area contributed by atoms with Crippen LogP contribution in [0, 0.1) is 5.92 Å². The molecule has 1 saturated heterocycles. The number of nitrogens with one attached hydrogen (secondary N) is 1. The fraction of sp³-hybridized carbons (Fsp3) is 0.471. The number of aromatic nitrogens is 2. The second-order valence-electron chi connectivity index (χ2n) is 6.36. The van der Waals surface area contributed by atoms with Crippen LogP contribution in [0.5, 0.6) is 0 Å². The number of rotatable bonds is 7. The lowest BCUT2D eigenvalue weighted by Crippen LogP contribution is -2.43. The molecule has 8 nitrogen and oxygen atoms in total. The Hall–Kier alpha value is -1.91. The van der Waals surface area contributed by atoms with Crippen LogP contribution in [0.2, 0.25) is 0 Å². The highest BCUT2D eigenvalue weighted by Gasteiger charge is 2.30. The Balaban J connectivity index is 1.49. The molecule has 2 aromatic rings. The molecule has 1 aliphatic heterocycles. The Labute approximate surface area is 162 Å². The summed E-state index contributed by atoms with van der Waals surface area (Å²) in [6.45, 7) is 0.631. The number of sulfonamides is 1. The van der Waals surface area contributed by atoms with Crippen molar-refractivity contribution in [2.45, 2.75) is 24.2 Å². The number of amides is 1. The number of hydrogen-bond donors (Lipinski definition) is 1. The van der Waals surface area contributed by atoms with Crippen molar-refractivity contribution in [2.75, 3.05) is 30.4 Å². The van der Waals surface area contributed by atoms with Crippen LogP contribution in [0.3, 0.4) is 0 Å². The average molecular weight is 411 g/mol. The second-order valence-corrected chi connectivity index (χ2v) is 9.51. The van der Waals surface area contributed by atoms with Gasteiger partial charge in [-0.25, -0.2) is 12.7 Å². The van der Waals surface area contributed by atoms with E-state index in [9.17, 15) is 13.2 Å². The molecule has 1 amide bonds. The summed E-state index contributed by atoms with van der Waals surface area (Å²) >= 11 is 1.69. The van der Waals surface area contributed by atoms with E-state index in [1.165, 1.54) is 9.20 Å². The standard InChI is InChI=1S/C17H22N4O4S2/c1-27(23,24)21-10-5-6-13(12-21)16(22)18-17-20-19-15(25-17)9-11-26-14-7-3-2-4-8-14/h2-4,7-8,13H,5-6,9-12H2,1H3,(H,18,20,22). The van der Waals surface area contributed by atoms with Gasteiger partial charge < -0.3 is 4.42 Å². The molecule has 0 bridgehead atoms. The number of hydrogen-bond acceptors (Lipinski definition) is 7. The first-order valence-electron chi connectivity index (χ1n) is 8.68. The molecule has 0 spiro atoms. The third-order valence-corrected chi connectivity index (χ3v) is 6.53. The molecule has 1 N–H and O–H groups in total. The van der Waals surface area contributed by atoms with Crippen LogP contribution >= 0.6 is 11.8 Å². The molecule has 1 aliphatic rings. The number of thioether (sulfide) groups is 1. The number of carbonyl (C=O) groups is 1. The molecule has 1 fully saturated rings. The first kappa shape index (κ1) is 19.8. The van der Waals surface area contributed by atoms with E-state index in [0.29, 0.717) is 31.7 Å². The Morgan fingerprint density at radius 3 is 2.85 bits per heavy atom. The zero-order valence-corrected chi connectivity index (χ0v) is 16.6. The van der Waals surface area contributed by atoms with E-state index < -0.39 is 15.9 Å². The summed E-state index contributed by atoms with van der Waals surface area (Å²) < 4.78 is 30.2. The molecular weight excluding hydrogens is 388 g/mol. The van der Waals surface area contributed by atoms with Gasteiger partial charge in [-0.2, -0.15) is 0 Å². The van der Waals surface area contributed by atoms with E-state index in [0.717, 1.165) is 12.0 Å². The number of aryl methyl sites for hydroxylation is 1. The predicted molar refractivity (Wildman–Crippen MR) is 103 cm³/mol. The quantitative estimate of drug-likeness (QED) is 0.696. The molecule has 0 saturated carbocycles. The largest absolute Gasteiger partial charge is 0.408 e. The van der Waals surface area contributed by atoms with Gasteiger partial charge in [0.05, 0.1) is 12.2 Å². The van der Waals surface area contributed by atoms with Crippen LogP contribution in [0.15, 0.2) is 39.6 Å². The number of carbonyl (C=O) groups excluding carboxylic acids is 1. The fourth-order valence-corrected chi connectivity index (χ4v) is 4.62. The van der Waals surface area contributed by atoms with Crippen LogP contribution in [-0.4, -0.2) is 53.9 Å². The van der Waals surface area contributed by atoms with Gasteiger partial charge in [-0.15, -0.1) is 16.9 Å². The van der Waals surface area contributed by atoms with E-state index in [2.05, 4.69) is 15.5 Å². The second kappa shape index (κ2) is 8.85. The van der Waals surface area contributed by atoms with Crippen molar-refractivity contribution >= 4 is 33.7 Å². The summed E-state index contributed by atoms with van der Waals surface area (Å²) in [6, 6.07) is 10.1. The fourth-order valence-electron chi connectivity index (χ4n) is 2.84. The molecule has 2 heterocycles. The van der Waals surface area contributed by atoms with E-state index in [-0.39, 0.29) is 18.5 Å². The number of benzene rings is 1. The normalized spacial score (nSPS) is 18.3. The van der Waals surface area contributed by atoms with Gasteiger partial charge in [0.1, 0.15) is 0 Å². The van der Waals surface area contributed by atoms with Crippen LogP contribution in [0.25, 0.3) is 0 Å². The van der Waals surface area contributed by atoms with Crippen LogP contribution in [0.1, 0.15) is 18.7 Å². The molecule has 146 valence electrons. The Kier molecular flexibility index (Phi) is 6.51. The summed E-state index contributed by atoms with van der Waals surface area (Å²) in [5.74, 6) is 0.524. The lowest BCUT2D eigenvalue weighted by atomic mass is 9.99. The van der Waals surface area contributed by atoms with Gasteiger partial charge in [0.15, 0.2) is 0 Å². The van der Waals surface area contributed by atoms with Crippen molar-refractivity contribution in [3.05, 3.63) is 36.2 Å². The lowest BCUT2D eigenvalue weighted by Gasteiger charge is -2.29. The summed E-state index contributed by atoms with van der Waals surface area (Å²) in [4.78, 5) is 13.5. The summed E-state index contributed by atoms with van der Waals surface area (Å²) in [7, 11) is -3.29. The minimum absolute atomic E-state index is 0.0520. The highest BCUT2D eigenvalue weighted by atomic mass is 32.2. The molecular formula is C17H22N4O4S2. The maximum absolute atomic E-state index is 12.4. The lowest BCUT2D eigenvalue weighted by molar-refractivity contribution is -0.121. The summed E-state index contributed by atoms with van der Waals surface area (Å²) in [5.41, 5.74) is 0. The monoisotopic (exact) mass is 410 g/mol. The van der Waals surface area contributed by atoms with Gasteiger partial charge in [0.25, 0.3) is 0 Å². The van der Waals surface area contributed by atoms with Crippen LogP contribution in [-0.2, 0) is 21.2 Å². The van der Waals surface area contributed by atoms with E-state index in [1.54, 1.807) is 11.8 Å². The molecule has 1 atom stereocenters. The molecule has 1 aromatic carbocycles. The summed E-state index contributed by atoms with van der Waals surface area (Å²) in [5, 5.41) is 10.4. The van der Waals surface area contributed by atoms with Gasteiger partial charge >= 0.3 is 6.01 Å². The van der Waals surface area contributed by atoms with E-state index >= 15 is 0 Å². The highest BCUT2D eigenvalue weighted by Crippen LogP contribution is 2.21. The summed E-state index contributed by atoms with van der Waals surface area (Å²) in [6.07, 6.45) is 3.03. The Bertz CT molecular complexity index is 870. The first-order valence-corrected chi connectivity index (χ1v) is 11.5. The molecule has 1 unspecified atom stereocenters. The third kappa shape index (κ3) is 5.78. The Morgan fingerprint density at radius 2 is 2.11 bits per heavy atom. The van der Waals surface area contributed by atoms with Gasteiger partial charge in [-0.05, 0) is 25.0 Å². The van der Waals surface area contributed by atoms with Gasteiger partial charge in [-0.1, -0.05) is 23.3 Å². The third-order valence-electron chi connectivity index (χ3n) is 4.25. The van der Waals surface area contributed by atoms with Crippen molar-refractivity contribution in [3.8, 4) is 0 Å². The van der Waals surface area contributed by atoms with Crippen molar-refractivity contribution in [1.82, 2.24) is 14.5 Å². The SMILES string of the molecule is CS(=O)(=O)N1CCCC(C(=O)Nc2nnc(CCSc3ccccc3)o2)C1. The zero-order valence-electron chi connectivity index (χ0n) is 15.0. The molecule has 1 aromatic heterocycles. The van der Waals surface area contributed by atoms with Gasteiger partial charge in [0, 0.05) is 30.2 Å². The van der Waals surface area contributed by atoms with Crippen molar-refractivity contribution in [1.29, 1.82) is 0 Å². The number of anilines is 1. The highest BCUT2D eigenvalue weighted by molar-refractivity contribution is 7.99. The molecule has 0 aliphatic carbocycles. The van der Waals surface area contributed by atoms with Crippen LogP contribution < -0.4 is 5.32 Å². The zero-order chi connectivity index (χ0) is 19.3. The predicted octanol–water partition coefficient (Wildman–Crippen LogP) is 2.01. The van der Waals surface area contributed by atoms with Crippen LogP contribution in [0.4, 0.5) is 6.01 Å². The van der Waals surface area contributed by atoms with Gasteiger partial charge in [0.2, 0.25) is 21.8 Å². The number of nitrogens with zero attached hydrogens (tertiary/aromatic N) is 3. The first-order chi connectivity index (χ1) is 12.9. The molecule has 0 radical (unpaired) electrons. The maximum atomic E-state index is 12.4. The average Bonchev–Trinajstić information content (AvgIpc) is 3.09. The minimum Gasteiger partial charge on any atom is -0.408 e. The minimum atomic E-state index is -3.29. The maximum Gasteiger partial charge on any atom is 0.322 e. The van der Waals surface area contributed by atoms with E-state index in [1.807, 2.05) is 30.3 Å². The topological polar surface area (TPSA) is 105 Å². The van der Waals surface area contributed by atoms with Crippen molar-refractivity contribution in [3.63, 3.8) is 0 Å².